The van der Waals surface area contributed by atoms with Crippen molar-refractivity contribution in [1.82, 2.24) is 25.4 Å². The maximum Gasteiger partial charge on any atom is 0.226 e. The number of benzene rings is 2. The zero-order valence-electron chi connectivity index (χ0n) is 18.5. The lowest BCUT2D eigenvalue weighted by Crippen LogP contribution is -2.39. The number of rotatable bonds is 8. The molecule has 7 nitrogen and oxygen atoms in total. The van der Waals surface area contributed by atoms with Crippen LogP contribution in [0.15, 0.2) is 82.7 Å². The average molecular weight is 429 g/mol. The minimum Gasteiger partial charge on any atom is -0.444 e. The van der Waals surface area contributed by atoms with E-state index in [9.17, 15) is 0 Å². The molecular weight excluding hydrogens is 400 g/mol. The molecule has 0 aliphatic rings. The van der Waals surface area contributed by atoms with Gasteiger partial charge in [0.05, 0.1) is 11.4 Å². The molecule has 2 aromatic heterocycles. The Labute approximate surface area is 188 Å². The molecule has 2 N–H and O–H groups in total. The number of aryl methyl sites for hydroxylation is 1. The first kappa shape index (κ1) is 21.4. The number of hydrogen-bond acceptors (Lipinski definition) is 4. The van der Waals surface area contributed by atoms with E-state index < -0.39 is 0 Å². The van der Waals surface area contributed by atoms with Crippen molar-refractivity contribution in [2.45, 2.75) is 19.8 Å². The quantitative estimate of drug-likeness (QED) is 0.330. The minimum atomic E-state index is 0.654. The second kappa shape index (κ2) is 10.4. The first-order valence-corrected chi connectivity index (χ1v) is 10.8. The van der Waals surface area contributed by atoms with E-state index in [1.165, 1.54) is 11.1 Å². The SMILES string of the molecule is CN=C(NCCc1ccc(-n2cccn2)cc1)NCCc1coc(-c2ccc(C)cc2)n1. The second-order valence-electron chi connectivity index (χ2n) is 7.55. The Kier molecular flexibility index (Phi) is 6.97. The first-order valence-electron chi connectivity index (χ1n) is 10.8. The summed E-state index contributed by atoms with van der Waals surface area (Å²) in [6, 6.07) is 18.5. The lowest BCUT2D eigenvalue weighted by atomic mass is 10.1. The maximum atomic E-state index is 5.63. The zero-order chi connectivity index (χ0) is 22.2. The fourth-order valence-corrected chi connectivity index (χ4v) is 3.34. The predicted octanol–water partition coefficient (Wildman–Crippen LogP) is 3.79. The fourth-order valence-electron chi connectivity index (χ4n) is 3.34. The summed E-state index contributed by atoms with van der Waals surface area (Å²) >= 11 is 0. The molecule has 0 bridgehead atoms. The molecule has 0 atom stereocenters. The molecule has 0 saturated carbocycles. The topological polar surface area (TPSA) is 80.3 Å². The van der Waals surface area contributed by atoms with Gasteiger partial charge in [0.15, 0.2) is 5.96 Å². The third kappa shape index (κ3) is 5.63. The molecule has 32 heavy (non-hydrogen) atoms. The molecule has 0 saturated heterocycles. The Morgan fingerprint density at radius 1 is 1.00 bits per heavy atom. The molecule has 7 heteroatoms. The number of hydrogen-bond donors (Lipinski definition) is 2. The van der Waals surface area contributed by atoms with Crippen molar-refractivity contribution in [3.05, 3.63) is 90.1 Å². The van der Waals surface area contributed by atoms with E-state index in [0.717, 1.165) is 48.8 Å². The third-order valence-corrected chi connectivity index (χ3v) is 5.16. The minimum absolute atomic E-state index is 0.654. The largest absolute Gasteiger partial charge is 0.444 e. The van der Waals surface area contributed by atoms with Crippen LogP contribution in [-0.4, -0.2) is 40.9 Å². The molecule has 0 radical (unpaired) electrons. The van der Waals surface area contributed by atoms with Crippen LogP contribution >= 0.6 is 0 Å². The van der Waals surface area contributed by atoms with E-state index in [1.54, 1.807) is 19.5 Å². The van der Waals surface area contributed by atoms with Gasteiger partial charge in [-0.1, -0.05) is 29.8 Å². The van der Waals surface area contributed by atoms with Crippen LogP contribution in [0.5, 0.6) is 0 Å². The summed E-state index contributed by atoms with van der Waals surface area (Å²) in [5.41, 5.74) is 5.44. The van der Waals surface area contributed by atoms with Crippen molar-refractivity contribution in [2.24, 2.45) is 4.99 Å². The highest BCUT2D eigenvalue weighted by molar-refractivity contribution is 5.79. The van der Waals surface area contributed by atoms with Crippen molar-refractivity contribution in [3.63, 3.8) is 0 Å². The van der Waals surface area contributed by atoms with Gasteiger partial charge in [-0.05, 0) is 49.2 Å². The molecule has 0 aliphatic heterocycles. The lowest BCUT2D eigenvalue weighted by molar-refractivity contribution is 0.572. The third-order valence-electron chi connectivity index (χ3n) is 5.16. The molecule has 0 unspecified atom stereocenters. The summed E-state index contributed by atoms with van der Waals surface area (Å²) in [7, 11) is 1.78. The Hall–Kier alpha value is -3.87. The van der Waals surface area contributed by atoms with Crippen molar-refractivity contribution >= 4 is 5.96 Å². The van der Waals surface area contributed by atoms with Crippen LogP contribution in [-0.2, 0) is 12.8 Å². The van der Waals surface area contributed by atoms with E-state index in [0.29, 0.717) is 5.89 Å². The van der Waals surface area contributed by atoms with Gasteiger partial charge in [0.2, 0.25) is 5.89 Å². The highest BCUT2D eigenvalue weighted by Crippen LogP contribution is 2.19. The van der Waals surface area contributed by atoms with Gasteiger partial charge in [-0.15, -0.1) is 0 Å². The van der Waals surface area contributed by atoms with Crippen LogP contribution in [0.2, 0.25) is 0 Å². The summed E-state index contributed by atoms with van der Waals surface area (Å²) in [5, 5.41) is 10.9. The normalized spacial score (nSPS) is 11.5. The summed E-state index contributed by atoms with van der Waals surface area (Å²) in [5.74, 6) is 1.43. The van der Waals surface area contributed by atoms with Gasteiger partial charge in [-0.25, -0.2) is 9.67 Å². The summed E-state index contributed by atoms with van der Waals surface area (Å²) in [6.45, 7) is 3.58. The number of guanidine groups is 1. The van der Waals surface area contributed by atoms with Crippen molar-refractivity contribution < 1.29 is 4.42 Å². The van der Waals surface area contributed by atoms with E-state index >= 15 is 0 Å². The molecule has 4 rings (SSSR count). The number of nitrogens with zero attached hydrogens (tertiary/aromatic N) is 4. The van der Waals surface area contributed by atoms with Crippen LogP contribution in [0.25, 0.3) is 17.1 Å². The maximum absolute atomic E-state index is 5.63. The van der Waals surface area contributed by atoms with Crippen LogP contribution in [0.4, 0.5) is 0 Å². The molecule has 0 amide bonds. The number of nitrogens with one attached hydrogen (secondary N) is 2. The first-order chi connectivity index (χ1) is 15.7. The van der Waals surface area contributed by atoms with E-state index in [2.05, 4.69) is 69.0 Å². The Balaban J connectivity index is 1.20. The number of aliphatic imine (C=N–C) groups is 1. The zero-order valence-corrected chi connectivity index (χ0v) is 18.5. The molecule has 2 heterocycles. The molecule has 2 aromatic carbocycles. The van der Waals surface area contributed by atoms with E-state index in [-0.39, 0.29) is 0 Å². The summed E-state index contributed by atoms with van der Waals surface area (Å²) in [4.78, 5) is 8.89. The Morgan fingerprint density at radius 3 is 2.44 bits per heavy atom. The highest BCUT2D eigenvalue weighted by Gasteiger charge is 2.07. The van der Waals surface area contributed by atoms with Gasteiger partial charge in [-0.2, -0.15) is 5.10 Å². The lowest BCUT2D eigenvalue weighted by Gasteiger charge is -2.11. The highest BCUT2D eigenvalue weighted by atomic mass is 16.3. The number of oxazole rings is 1. The van der Waals surface area contributed by atoms with Gasteiger partial charge >= 0.3 is 0 Å². The monoisotopic (exact) mass is 428 g/mol. The number of aromatic nitrogens is 3. The van der Waals surface area contributed by atoms with E-state index in [4.69, 9.17) is 4.42 Å². The predicted molar refractivity (Wildman–Crippen MR) is 127 cm³/mol. The molecule has 0 spiro atoms. The van der Waals surface area contributed by atoms with E-state index in [1.807, 2.05) is 29.1 Å². The van der Waals surface area contributed by atoms with Gasteiger partial charge in [-0.3, -0.25) is 4.99 Å². The fraction of sp³-hybridized carbons (Fsp3) is 0.240. The van der Waals surface area contributed by atoms with Gasteiger partial charge < -0.3 is 15.1 Å². The molecular formula is C25H28N6O. The van der Waals surface area contributed by atoms with Crippen LogP contribution in [0, 0.1) is 6.92 Å². The average Bonchev–Trinajstić information content (AvgIpc) is 3.52. The smallest absolute Gasteiger partial charge is 0.226 e. The van der Waals surface area contributed by atoms with Crippen molar-refractivity contribution in [1.29, 1.82) is 0 Å². The van der Waals surface area contributed by atoms with Crippen LogP contribution < -0.4 is 10.6 Å². The molecule has 164 valence electrons. The van der Waals surface area contributed by atoms with Crippen molar-refractivity contribution in [3.8, 4) is 17.1 Å². The van der Waals surface area contributed by atoms with Gasteiger partial charge in [0.1, 0.15) is 6.26 Å². The Bertz CT molecular complexity index is 1130. The summed E-state index contributed by atoms with van der Waals surface area (Å²) < 4.78 is 7.48. The Morgan fingerprint density at radius 2 is 1.75 bits per heavy atom. The summed E-state index contributed by atoms with van der Waals surface area (Å²) in [6.07, 6.45) is 7.10. The standard InChI is InChI=1S/C25H28N6O/c1-19-4-8-21(9-5-19)24-30-22(18-32-24)13-16-28-25(26-2)27-15-12-20-6-10-23(11-7-20)31-17-3-14-29-31/h3-11,14,17-18H,12-13,15-16H2,1-2H3,(H2,26,27,28). The van der Waals surface area contributed by atoms with Gasteiger partial charge in [0.25, 0.3) is 0 Å². The molecule has 4 aromatic rings. The van der Waals surface area contributed by atoms with Crippen LogP contribution in [0.3, 0.4) is 0 Å². The van der Waals surface area contributed by atoms with Crippen LogP contribution in [0.1, 0.15) is 16.8 Å². The van der Waals surface area contributed by atoms with Gasteiger partial charge in [0, 0.05) is 44.5 Å². The molecule has 0 fully saturated rings. The molecule has 0 aliphatic carbocycles. The second-order valence-corrected chi connectivity index (χ2v) is 7.55. The van der Waals surface area contributed by atoms with Crippen molar-refractivity contribution in [2.75, 3.05) is 20.1 Å².